The van der Waals surface area contributed by atoms with Crippen LogP contribution in [0.3, 0.4) is 0 Å². The lowest BCUT2D eigenvalue weighted by atomic mass is 9.92. The maximum Gasteiger partial charge on any atom is 0.303 e. The molecule has 0 bridgehead atoms. The van der Waals surface area contributed by atoms with Crippen LogP contribution in [0.2, 0.25) is 0 Å². The Bertz CT molecular complexity index is 354. The third-order valence-corrected chi connectivity index (χ3v) is 2.95. The van der Waals surface area contributed by atoms with Gasteiger partial charge in [0.05, 0.1) is 6.42 Å². The number of carboxylic acids is 1. The Kier molecular flexibility index (Phi) is 2.71. The van der Waals surface area contributed by atoms with Crippen LogP contribution < -0.4 is 0 Å². The van der Waals surface area contributed by atoms with Crippen LogP contribution >= 0.6 is 0 Å². The number of aliphatic carboxylic acids is 1. The molecule has 1 saturated carbocycles. The molecule has 0 saturated heterocycles. The zero-order chi connectivity index (χ0) is 10.8. The Morgan fingerprint density at radius 3 is 2.80 bits per heavy atom. The SMILES string of the molecule is Cc1ccc(C(CC(=O)O)C2CC2)cn1. The van der Waals surface area contributed by atoms with Gasteiger partial charge in [0.2, 0.25) is 0 Å². The molecule has 1 unspecified atom stereocenters. The molecular weight excluding hydrogens is 190 g/mol. The Balaban J connectivity index is 2.16. The van der Waals surface area contributed by atoms with Crippen LogP contribution in [0, 0.1) is 12.8 Å². The maximum absolute atomic E-state index is 10.8. The first-order valence-corrected chi connectivity index (χ1v) is 5.31. The van der Waals surface area contributed by atoms with E-state index in [-0.39, 0.29) is 12.3 Å². The minimum atomic E-state index is -0.715. The summed E-state index contributed by atoms with van der Waals surface area (Å²) >= 11 is 0. The minimum Gasteiger partial charge on any atom is -0.481 e. The normalized spacial score (nSPS) is 17.4. The van der Waals surface area contributed by atoms with Crippen LogP contribution in [0.5, 0.6) is 0 Å². The number of rotatable bonds is 4. The highest BCUT2D eigenvalue weighted by molar-refractivity contribution is 5.68. The van der Waals surface area contributed by atoms with Crippen LogP contribution in [0.4, 0.5) is 0 Å². The van der Waals surface area contributed by atoms with E-state index >= 15 is 0 Å². The van der Waals surface area contributed by atoms with E-state index in [9.17, 15) is 4.79 Å². The van der Waals surface area contributed by atoms with Gasteiger partial charge >= 0.3 is 5.97 Å². The fraction of sp³-hybridized carbons (Fsp3) is 0.500. The molecule has 15 heavy (non-hydrogen) atoms. The number of carboxylic acid groups (broad SMARTS) is 1. The molecule has 0 spiro atoms. The van der Waals surface area contributed by atoms with E-state index in [2.05, 4.69) is 4.98 Å². The Labute approximate surface area is 89.2 Å². The Hall–Kier alpha value is -1.38. The van der Waals surface area contributed by atoms with E-state index in [1.165, 1.54) is 0 Å². The van der Waals surface area contributed by atoms with E-state index in [1.54, 1.807) is 0 Å². The van der Waals surface area contributed by atoms with Crippen molar-refractivity contribution in [2.75, 3.05) is 0 Å². The first kappa shape index (κ1) is 10.1. The van der Waals surface area contributed by atoms with Crippen LogP contribution in [-0.2, 0) is 4.79 Å². The minimum absolute atomic E-state index is 0.163. The average Bonchev–Trinajstić information content (AvgIpc) is 2.99. The molecule has 1 fully saturated rings. The quantitative estimate of drug-likeness (QED) is 0.820. The van der Waals surface area contributed by atoms with Crippen LogP contribution in [0.15, 0.2) is 18.3 Å². The van der Waals surface area contributed by atoms with Gasteiger partial charge in [0.1, 0.15) is 0 Å². The number of pyridine rings is 1. The van der Waals surface area contributed by atoms with Gasteiger partial charge in [-0.25, -0.2) is 0 Å². The van der Waals surface area contributed by atoms with Crippen LogP contribution in [-0.4, -0.2) is 16.1 Å². The van der Waals surface area contributed by atoms with Gasteiger partial charge in [-0.15, -0.1) is 0 Å². The standard InChI is InChI=1S/C12H15NO2/c1-8-2-3-10(7-13-8)11(6-12(14)15)9-4-5-9/h2-3,7,9,11H,4-6H2,1H3,(H,14,15). The lowest BCUT2D eigenvalue weighted by molar-refractivity contribution is -0.137. The van der Waals surface area contributed by atoms with E-state index in [1.807, 2.05) is 25.3 Å². The van der Waals surface area contributed by atoms with E-state index in [0.717, 1.165) is 24.1 Å². The van der Waals surface area contributed by atoms with Gasteiger partial charge in [-0.3, -0.25) is 9.78 Å². The second-order valence-corrected chi connectivity index (χ2v) is 4.27. The fourth-order valence-electron chi connectivity index (χ4n) is 1.94. The van der Waals surface area contributed by atoms with Gasteiger partial charge < -0.3 is 5.11 Å². The zero-order valence-corrected chi connectivity index (χ0v) is 8.81. The third kappa shape index (κ3) is 2.55. The summed E-state index contributed by atoms with van der Waals surface area (Å²) in [6.45, 7) is 1.94. The Morgan fingerprint density at radius 1 is 1.60 bits per heavy atom. The highest BCUT2D eigenvalue weighted by Crippen LogP contribution is 2.44. The summed E-state index contributed by atoms with van der Waals surface area (Å²) in [5, 5.41) is 8.86. The van der Waals surface area contributed by atoms with Gasteiger partial charge in [-0.05, 0) is 43.2 Å². The highest BCUT2D eigenvalue weighted by atomic mass is 16.4. The number of carbonyl (C=O) groups is 1. The summed E-state index contributed by atoms with van der Waals surface area (Å²) in [6.07, 6.45) is 4.37. The second-order valence-electron chi connectivity index (χ2n) is 4.27. The smallest absolute Gasteiger partial charge is 0.303 e. The molecule has 0 radical (unpaired) electrons. The van der Waals surface area contributed by atoms with Crippen molar-refractivity contribution in [1.29, 1.82) is 0 Å². The molecule has 2 rings (SSSR count). The molecule has 1 heterocycles. The lowest BCUT2D eigenvalue weighted by Crippen LogP contribution is -2.08. The van der Waals surface area contributed by atoms with Crippen molar-refractivity contribution in [3.05, 3.63) is 29.6 Å². The molecule has 0 aliphatic heterocycles. The largest absolute Gasteiger partial charge is 0.481 e. The number of aryl methyl sites for hydroxylation is 1. The predicted molar refractivity (Wildman–Crippen MR) is 56.7 cm³/mol. The number of hydrogen-bond donors (Lipinski definition) is 1. The van der Waals surface area contributed by atoms with Crippen molar-refractivity contribution in [2.45, 2.75) is 32.1 Å². The molecule has 0 aromatic carbocycles. The van der Waals surface area contributed by atoms with Crippen molar-refractivity contribution in [2.24, 2.45) is 5.92 Å². The Morgan fingerprint density at radius 2 is 2.33 bits per heavy atom. The molecule has 3 heteroatoms. The fourth-order valence-corrected chi connectivity index (χ4v) is 1.94. The molecule has 1 atom stereocenters. The highest BCUT2D eigenvalue weighted by Gasteiger charge is 2.33. The van der Waals surface area contributed by atoms with Gasteiger partial charge in [0.15, 0.2) is 0 Å². The molecule has 80 valence electrons. The lowest BCUT2D eigenvalue weighted by Gasteiger charge is -2.13. The maximum atomic E-state index is 10.8. The summed E-state index contributed by atoms with van der Waals surface area (Å²) in [5.41, 5.74) is 2.05. The van der Waals surface area contributed by atoms with Crippen LogP contribution in [0.25, 0.3) is 0 Å². The van der Waals surface area contributed by atoms with Crippen molar-refractivity contribution < 1.29 is 9.90 Å². The summed E-state index contributed by atoms with van der Waals surface area (Å²) in [5.74, 6) is 0.00804. The summed E-state index contributed by atoms with van der Waals surface area (Å²) in [7, 11) is 0. The average molecular weight is 205 g/mol. The third-order valence-electron chi connectivity index (χ3n) is 2.95. The topological polar surface area (TPSA) is 50.2 Å². The molecule has 1 N–H and O–H groups in total. The first-order chi connectivity index (χ1) is 7.16. The second kappa shape index (κ2) is 4.01. The molecule has 1 aliphatic carbocycles. The van der Waals surface area contributed by atoms with Crippen molar-refractivity contribution in [3.8, 4) is 0 Å². The van der Waals surface area contributed by atoms with Gasteiger partial charge in [0.25, 0.3) is 0 Å². The van der Waals surface area contributed by atoms with Crippen molar-refractivity contribution in [3.63, 3.8) is 0 Å². The molecule has 0 amide bonds. The number of nitrogens with zero attached hydrogens (tertiary/aromatic N) is 1. The monoisotopic (exact) mass is 205 g/mol. The summed E-state index contributed by atoms with van der Waals surface area (Å²) in [6, 6.07) is 3.96. The van der Waals surface area contributed by atoms with E-state index in [4.69, 9.17) is 5.11 Å². The molecule has 1 aromatic heterocycles. The van der Waals surface area contributed by atoms with E-state index < -0.39 is 5.97 Å². The van der Waals surface area contributed by atoms with Gasteiger partial charge in [-0.1, -0.05) is 6.07 Å². The molecular formula is C12H15NO2. The first-order valence-electron chi connectivity index (χ1n) is 5.31. The van der Waals surface area contributed by atoms with Crippen LogP contribution in [0.1, 0.15) is 36.4 Å². The zero-order valence-electron chi connectivity index (χ0n) is 8.81. The summed E-state index contributed by atoms with van der Waals surface area (Å²) < 4.78 is 0. The van der Waals surface area contributed by atoms with Crippen molar-refractivity contribution >= 4 is 5.97 Å². The van der Waals surface area contributed by atoms with Gasteiger partial charge in [-0.2, -0.15) is 0 Å². The van der Waals surface area contributed by atoms with E-state index in [0.29, 0.717) is 5.92 Å². The number of hydrogen-bond acceptors (Lipinski definition) is 2. The predicted octanol–water partition coefficient (Wildman–Crippen LogP) is 2.36. The molecule has 1 aromatic rings. The van der Waals surface area contributed by atoms with Gasteiger partial charge in [0, 0.05) is 11.9 Å². The number of aromatic nitrogens is 1. The molecule has 3 nitrogen and oxygen atoms in total. The molecule has 1 aliphatic rings. The van der Waals surface area contributed by atoms with Crippen molar-refractivity contribution in [1.82, 2.24) is 4.98 Å². The summed E-state index contributed by atoms with van der Waals surface area (Å²) in [4.78, 5) is 15.0.